The van der Waals surface area contributed by atoms with Crippen molar-refractivity contribution in [1.29, 1.82) is 0 Å². The van der Waals surface area contributed by atoms with Crippen LogP contribution in [0.25, 0.3) is 0 Å². The Balaban J connectivity index is 1.83. The number of rotatable bonds is 5. The van der Waals surface area contributed by atoms with Crippen LogP contribution in [0.15, 0.2) is 16.9 Å². The molecule has 28 heavy (non-hydrogen) atoms. The molecule has 1 saturated heterocycles. The van der Waals surface area contributed by atoms with Gasteiger partial charge in [-0.1, -0.05) is 27.7 Å². The van der Waals surface area contributed by atoms with Crippen molar-refractivity contribution in [2.75, 3.05) is 23.6 Å². The zero-order valence-corrected chi connectivity index (χ0v) is 18.0. The normalized spacial score (nSPS) is 21.9. The highest BCUT2D eigenvalue weighted by Gasteiger charge is 2.37. The average molecular weight is 410 g/mol. The Morgan fingerprint density at radius 2 is 1.93 bits per heavy atom. The minimum Gasteiger partial charge on any atom is -0.342 e. The molecular formula is C20H31N3O4S. The first kappa shape index (κ1) is 20.9. The first-order valence-electron chi connectivity index (χ1n) is 10.0. The van der Waals surface area contributed by atoms with Crippen molar-refractivity contribution in [3.63, 3.8) is 0 Å². The SMILES string of the molecule is CCCS(=O)(=O)Nc1ccc2n(c1=O)CC1CC2CN(C(=O)CC(C)(C)C)C1. The number of nitrogens with zero attached hydrogens (tertiary/aromatic N) is 2. The van der Waals surface area contributed by atoms with Gasteiger partial charge in [0.2, 0.25) is 15.9 Å². The highest BCUT2D eigenvalue weighted by Crippen LogP contribution is 2.36. The smallest absolute Gasteiger partial charge is 0.275 e. The summed E-state index contributed by atoms with van der Waals surface area (Å²) in [6.07, 6.45) is 1.96. The molecule has 1 aromatic rings. The number of piperidine rings is 1. The van der Waals surface area contributed by atoms with Gasteiger partial charge in [-0.2, -0.15) is 0 Å². The fourth-order valence-corrected chi connectivity index (χ4v) is 5.41. The molecular weight excluding hydrogens is 378 g/mol. The van der Waals surface area contributed by atoms with Crippen LogP contribution in [0.2, 0.25) is 0 Å². The summed E-state index contributed by atoms with van der Waals surface area (Å²) in [6, 6.07) is 3.40. The minimum absolute atomic E-state index is 0.00963. The highest BCUT2D eigenvalue weighted by atomic mass is 32.2. The van der Waals surface area contributed by atoms with Crippen LogP contribution in [-0.2, 0) is 21.4 Å². The standard InChI is InChI=1S/C20H31N3O4S/c1-5-8-28(26,27)21-16-6-7-17-15-9-14(12-23(17)19(16)25)11-22(13-15)18(24)10-20(2,3)4/h6-7,14-15,21H,5,8-13H2,1-4H3. The van der Waals surface area contributed by atoms with E-state index in [0.717, 1.165) is 12.1 Å². The fourth-order valence-electron chi connectivity index (χ4n) is 4.28. The van der Waals surface area contributed by atoms with Gasteiger partial charge >= 0.3 is 0 Å². The summed E-state index contributed by atoms with van der Waals surface area (Å²) in [5.74, 6) is 0.493. The van der Waals surface area contributed by atoms with Gasteiger partial charge in [0, 0.05) is 37.7 Å². The number of hydrogen-bond donors (Lipinski definition) is 1. The molecule has 7 nitrogen and oxygen atoms in total. The van der Waals surface area contributed by atoms with E-state index in [1.165, 1.54) is 0 Å². The number of anilines is 1. The molecule has 8 heteroatoms. The lowest BCUT2D eigenvalue weighted by molar-refractivity contribution is -0.135. The zero-order valence-electron chi connectivity index (χ0n) is 17.2. The van der Waals surface area contributed by atoms with Crippen LogP contribution in [0.3, 0.4) is 0 Å². The van der Waals surface area contributed by atoms with Crippen LogP contribution in [0.4, 0.5) is 5.69 Å². The van der Waals surface area contributed by atoms with Crippen LogP contribution in [-0.4, -0.2) is 42.6 Å². The minimum atomic E-state index is -3.51. The van der Waals surface area contributed by atoms with E-state index in [2.05, 4.69) is 25.5 Å². The molecule has 3 heterocycles. The number of fused-ring (bicyclic) bond motifs is 4. The maximum Gasteiger partial charge on any atom is 0.275 e. The van der Waals surface area contributed by atoms with Gasteiger partial charge in [-0.05, 0) is 36.3 Å². The number of nitrogens with one attached hydrogen (secondary N) is 1. The van der Waals surface area contributed by atoms with E-state index in [4.69, 9.17) is 0 Å². The number of amides is 1. The van der Waals surface area contributed by atoms with Gasteiger partial charge in [-0.25, -0.2) is 8.42 Å². The van der Waals surface area contributed by atoms with Crippen molar-refractivity contribution in [3.8, 4) is 0 Å². The summed E-state index contributed by atoms with van der Waals surface area (Å²) in [5.41, 5.74) is 0.662. The second-order valence-electron chi connectivity index (χ2n) is 9.34. The Hall–Kier alpha value is -1.83. The summed E-state index contributed by atoms with van der Waals surface area (Å²) in [6.45, 7) is 9.76. The molecule has 2 atom stereocenters. The molecule has 0 radical (unpaired) electrons. The molecule has 0 spiro atoms. The maximum atomic E-state index is 12.9. The van der Waals surface area contributed by atoms with Gasteiger partial charge in [0.1, 0.15) is 5.69 Å². The van der Waals surface area contributed by atoms with Crippen LogP contribution >= 0.6 is 0 Å². The average Bonchev–Trinajstić information content (AvgIpc) is 2.56. The predicted molar refractivity (Wildman–Crippen MR) is 110 cm³/mol. The Kier molecular flexibility index (Phi) is 5.62. The van der Waals surface area contributed by atoms with Crippen molar-refractivity contribution < 1.29 is 13.2 Å². The largest absolute Gasteiger partial charge is 0.342 e. The molecule has 156 valence electrons. The summed E-state index contributed by atoms with van der Waals surface area (Å²) in [7, 11) is -3.51. The highest BCUT2D eigenvalue weighted by molar-refractivity contribution is 7.92. The van der Waals surface area contributed by atoms with Gasteiger partial charge in [-0.3, -0.25) is 14.3 Å². The number of carbonyl (C=O) groups excluding carboxylic acids is 1. The lowest BCUT2D eigenvalue weighted by atomic mass is 9.82. The van der Waals surface area contributed by atoms with Crippen molar-refractivity contribution in [3.05, 3.63) is 28.2 Å². The van der Waals surface area contributed by atoms with E-state index >= 15 is 0 Å². The number of hydrogen-bond acceptors (Lipinski definition) is 4. The monoisotopic (exact) mass is 409 g/mol. The summed E-state index contributed by atoms with van der Waals surface area (Å²) in [5, 5.41) is 0. The Labute approximate surface area is 167 Å². The van der Waals surface area contributed by atoms with E-state index in [-0.39, 0.29) is 40.2 Å². The lowest BCUT2D eigenvalue weighted by Crippen LogP contribution is -2.49. The number of aromatic nitrogens is 1. The molecule has 1 amide bonds. The molecule has 2 bridgehead atoms. The van der Waals surface area contributed by atoms with Crippen LogP contribution in [0.1, 0.15) is 58.6 Å². The summed E-state index contributed by atoms with van der Waals surface area (Å²) < 4.78 is 28.2. The molecule has 1 fully saturated rings. The molecule has 2 aliphatic heterocycles. The summed E-state index contributed by atoms with van der Waals surface area (Å²) in [4.78, 5) is 27.5. The zero-order chi connectivity index (χ0) is 20.7. The summed E-state index contributed by atoms with van der Waals surface area (Å²) >= 11 is 0. The van der Waals surface area contributed by atoms with Gasteiger partial charge in [0.05, 0.1) is 5.75 Å². The molecule has 0 aromatic carbocycles. The topological polar surface area (TPSA) is 88.5 Å². The van der Waals surface area contributed by atoms with Crippen molar-refractivity contribution in [1.82, 2.24) is 9.47 Å². The number of carbonyl (C=O) groups is 1. The van der Waals surface area contributed by atoms with E-state index in [1.807, 2.05) is 11.0 Å². The quantitative estimate of drug-likeness (QED) is 0.809. The van der Waals surface area contributed by atoms with Gasteiger partial charge < -0.3 is 9.47 Å². The third kappa shape index (κ3) is 4.59. The van der Waals surface area contributed by atoms with Gasteiger partial charge in [-0.15, -0.1) is 0 Å². The number of pyridine rings is 1. The predicted octanol–water partition coefficient (Wildman–Crippen LogP) is 2.38. The molecule has 1 N–H and O–H groups in total. The van der Waals surface area contributed by atoms with Crippen molar-refractivity contribution in [2.24, 2.45) is 11.3 Å². The second kappa shape index (κ2) is 7.54. The molecule has 1 aromatic heterocycles. The second-order valence-corrected chi connectivity index (χ2v) is 11.2. The van der Waals surface area contributed by atoms with Crippen molar-refractivity contribution in [2.45, 2.75) is 59.4 Å². The van der Waals surface area contributed by atoms with Gasteiger partial charge in [0.15, 0.2) is 0 Å². The van der Waals surface area contributed by atoms with Crippen molar-refractivity contribution >= 4 is 21.6 Å². The van der Waals surface area contributed by atoms with E-state index in [9.17, 15) is 18.0 Å². The lowest BCUT2D eigenvalue weighted by Gasteiger charge is -2.43. The first-order chi connectivity index (χ1) is 13.0. The Morgan fingerprint density at radius 3 is 2.57 bits per heavy atom. The van der Waals surface area contributed by atoms with Gasteiger partial charge in [0.25, 0.3) is 5.56 Å². The van der Waals surface area contributed by atoms with Crippen LogP contribution in [0.5, 0.6) is 0 Å². The molecule has 0 aliphatic carbocycles. The molecule has 2 aliphatic rings. The Bertz CT molecular complexity index is 914. The van der Waals surface area contributed by atoms with Crippen LogP contribution < -0.4 is 10.3 Å². The Morgan fingerprint density at radius 1 is 1.21 bits per heavy atom. The molecule has 2 unspecified atom stereocenters. The third-order valence-corrected chi connectivity index (χ3v) is 6.85. The first-order valence-corrected chi connectivity index (χ1v) is 11.7. The van der Waals surface area contributed by atoms with E-state index in [1.54, 1.807) is 17.6 Å². The number of sulfonamides is 1. The maximum absolute atomic E-state index is 12.9. The third-order valence-electron chi connectivity index (χ3n) is 5.38. The van der Waals surface area contributed by atoms with E-state index < -0.39 is 10.0 Å². The molecule has 3 rings (SSSR count). The van der Waals surface area contributed by atoms with Crippen LogP contribution in [0, 0.1) is 11.3 Å². The molecule has 0 saturated carbocycles. The van der Waals surface area contributed by atoms with E-state index in [0.29, 0.717) is 32.5 Å². The fraction of sp³-hybridized carbons (Fsp3) is 0.700. The number of likely N-dealkylation sites (tertiary alicyclic amines) is 1.